The minimum absolute atomic E-state index is 0.0571. The van der Waals surface area contributed by atoms with Gasteiger partial charge >= 0.3 is 0 Å². The lowest BCUT2D eigenvalue weighted by Crippen LogP contribution is -2.01. The van der Waals surface area contributed by atoms with Gasteiger partial charge in [0.15, 0.2) is 11.6 Å². The van der Waals surface area contributed by atoms with E-state index in [9.17, 15) is 4.39 Å². The Labute approximate surface area is 120 Å². The SMILES string of the molecule is CCNc1nc(Oc2ccccc2F)c(Cl)cc1Cl. The largest absolute Gasteiger partial charge is 0.434 e. The number of halogens is 3. The molecule has 0 aliphatic carbocycles. The first-order chi connectivity index (χ1) is 9.11. The molecule has 0 saturated heterocycles. The quantitative estimate of drug-likeness (QED) is 0.884. The average molecular weight is 301 g/mol. The normalized spacial score (nSPS) is 10.3. The zero-order chi connectivity index (χ0) is 13.8. The lowest BCUT2D eigenvalue weighted by atomic mass is 10.3. The predicted octanol–water partition coefficient (Wildman–Crippen LogP) is 4.75. The van der Waals surface area contributed by atoms with Crippen molar-refractivity contribution >= 4 is 29.0 Å². The molecule has 1 aromatic heterocycles. The van der Waals surface area contributed by atoms with Gasteiger partial charge in [0, 0.05) is 6.54 Å². The van der Waals surface area contributed by atoms with Crippen molar-refractivity contribution in [3.05, 3.63) is 46.2 Å². The number of nitrogens with one attached hydrogen (secondary N) is 1. The third kappa shape index (κ3) is 3.28. The molecule has 0 aliphatic heterocycles. The van der Waals surface area contributed by atoms with Crippen molar-refractivity contribution in [3.63, 3.8) is 0 Å². The number of rotatable bonds is 4. The fraction of sp³-hybridized carbons (Fsp3) is 0.154. The number of hydrogen-bond donors (Lipinski definition) is 1. The van der Waals surface area contributed by atoms with Crippen LogP contribution in [-0.4, -0.2) is 11.5 Å². The molecule has 0 aliphatic rings. The van der Waals surface area contributed by atoms with Crippen molar-refractivity contribution in [1.82, 2.24) is 4.98 Å². The molecule has 19 heavy (non-hydrogen) atoms. The Morgan fingerprint density at radius 3 is 2.68 bits per heavy atom. The smallest absolute Gasteiger partial charge is 0.240 e. The van der Waals surface area contributed by atoms with E-state index in [1.807, 2.05) is 6.92 Å². The monoisotopic (exact) mass is 300 g/mol. The minimum atomic E-state index is -0.486. The number of benzene rings is 1. The van der Waals surface area contributed by atoms with Gasteiger partial charge in [-0.25, -0.2) is 4.39 Å². The fourth-order valence-corrected chi connectivity index (χ4v) is 1.91. The summed E-state index contributed by atoms with van der Waals surface area (Å²) in [5.41, 5.74) is 0. The summed E-state index contributed by atoms with van der Waals surface area (Å²) in [6.45, 7) is 2.55. The second-order valence-electron chi connectivity index (χ2n) is 3.67. The molecular weight excluding hydrogens is 290 g/mol. The van der Waals surface area contributed by atoms with Crippen molar-refractivity contribution in [1.29, 1.82) is 0 Å². The van der Waals surface area contributed by atoms with E-state index in [2.05, 4.69) is 10.3 Å². The van der Waals surface area contributed by atoms with Crippen LogP contribution in [0, 0.1) is 5.82 Å². The number of hydrogen-bond acceptors (Lipinski definition) is 3. The summed E-state index contributed by atoms with van der Waals surface area (Å²) in [4.78, 5) is 4.13. The van der Waals surface area contributed by atoms with E-state index in [4.69, 9.17) is 27.9 Å². The van der Waals surface area contributed by atoms with Crippen LogP contribution in [0.5, 0.6) is 11.6 Å². The Morgan fingerprint density at radius 2 is 2.00 bits per heavy atom. The van der Waals surface area contributed by atoms with E-state index in [0.717, 1.165) is 0 Å². The summed E-state index contributed by atoms with van der Waals surface area (Å²) >= 11 is 12.0. The van der Waals surface area contributed by atoms with Crippen LogP contribution in [0.25, 0.3) is 0 Å². The molecule has 100 valence electrons. The highest BCUT2D eigenvalue weighted by molar-refractivity contribution is 6.36. The van der Waals surface area contributed by atoms with Crippen molar-refractivity contribution in [2.24, 2.45) is 0 Å². The van der Waals surface area contributed by atoms with Gasteiger partial charge in [-0.3, -0.25) is 0 Å². The molecule has 0 atom stereocenters. The molecule has 0 saturated carbocycles. The van der Waals surface area contributed by atoms with Crippen molar-refractivity contribution < 1.29 is 9.13 Å². The molecule has 0 bridgehead atoms. The lowest BCUT2D eigenvalue weighted by Gasteiger charge is -2.11. The molecule has 2 rings (SSSR count). The van der Waals surface area contributed by atoms with Crippen molar-refractivity contribution in [2.75, 3.05) is 11.9 Å². The number of nitrogens with zero attached hydrogens (tertiary/aromatic N) is 1. The van der Waals surface area contributed by atoms with E-state index in [-0.39, 0.29) is 16.7 Å². The molecule has 6 heteroatoms. The van der Waals surface area contributed by atoms with Gasteiger partial charge in [0.2, 0.25) is 5.88 Å². The topological polar surface area (TPSA) is 34.2 Å². The highest BCUT2D eigenvalue weighted by Crippen LogP contribution is 2.34. The van der Waals surface area contributed by atoms with Gasteiger partial charge in [0.25, 0.3) is 0 Å². The Balaban J connectivity index is 2.34. The Morgan fingerprint density at radius 1 is 1.26 bits per heavy atom. The predicted molar refractivity (Wildman–Crippen MR) is 74.9 cm³/mol. The van der Waals surface area contributed by atoms with Crippen LogP contribution in [-0.2, 0) is 0 Å². The molecule has 1 aromatic carbocycles. The van der Waals surface area contributed by atoms with Crippen LogP contribution in [0.2, 0.25) is 10.0 Å². The number of anilines is 1. The molecule has 0 radical (unpaired) electrons. The summed E-state index contributed by atoms with van der Waals surface area (Å²) in [7, 11) is 0. The van der Waals surface area contributed by atoms with Gasteiger partial charge < -0.3 is 10.1 Å². The molecule has 0 fully saturated rings. The second-order valence-corrected chi connectivity index (χ2v) is 4.48. The lowest BCUT2D eigenvalue weighted by molar-refractivity contribution is 0.428. The van der Waals surface area contributed by atoms with E-state index >= 15 is 0 Å². The van der Waals surface area contributed by atoms with E-state index < -0.39 is 5.82 Å². The van der Waals surface area contributed by atoms with Gasteiger partial charge in [-0.1, -0.05) is 35.3 Å². The molecule has 0 unspecified atom stereocenters. The van der Waals surface area contributed by atoms with E-state index in [0.29, 0.717) is 17.4 Å². The summed E-state index contributed by atoms with van der Waals surface area (Å²) in [6, 6.07) is 7.53. The summed E-state index contributed by atoms with van der Waals surface area (Å²) in [5, 5.41) is 3.57. The first-order valence-electron chi connectivity index (χ1n) is 5.64. The Bertz CT molecular complexity index is 593. The van der Waals surface area contributed by atoms with E-state index in [1.54, 1.807) is 12.1 Å². The fourth-order valence-electron chi connectivity index (χ4n) is 1.44. The second kappa shape index (κ2) is 6.08. The van der Waals surface area contributed by atoms with Crippen LogP contribution < -0.4 is 10.1 Å². The third-order valence-electron chi connectivity index (χ3n) is 2.28. The van der Waals surface area contributed by atoms with Gasteiger partial charge in [0.05, 0.1) is 5.02 Å². The maximum absolute atomic E-state index is 13.5. The standard InChI is InChI=1S/C13H11Cl2FN2O/c1-2-17-12-8(14)7-9(15)13(18-12)19-11-6-4-3-5-10(11)16/h3-7H,2H2,1H3,(H,17,18). The summed E-state index contributed by atoms with van der Waals surface area (Å²) in [6.07, 6.45) is 0. The third-order valence-corrected chi connectivity index (χ3v) is 2.84. The summed E-state index contributed by atoms with van der Waals surface area (Å²) in [5.74, 6) is 0.119. The maximum Gasteiger partial charge on any atom is 0.240 e. The van der Waals surface area contributed by atoms with Crippen LogP contribution in [0.4, 0.5) is 10.2 Å². The number of pyridine rings is 1. The maximum atomic E-state index is 13.5. The van der Waals surface area contributed by atoms with Crippen LogP contribution >= 0.6 is 23.2 Å². The number of para-hydroxylation sites is 1. The van der Waals surface area contributed by atoms with Gasteiger partial charge in [-0.15, -0.1) is 0 Å². The van der Waals surface area contributed by atoms with Crippen LogP contribution in [0.3, 0.4) is 0 Å². The average Bonchev–Trinajstić information content (AvgIpc) is 2.38. The van der Waals surface area contributed by atoms with Gasteiger partial charge in [-0.2, -0.15) is 4.98 Å². The zero-order valence-corrected chi connectivity index (χ0v) is 11.6. The molecule has 1 heterocycles. The molecule has 3 nitrogen and oxygen atoms in total. The van der Waals surface area contributed by atoms with Gasteiger partial charge in [0.1, 0.15) is 10.8 Å². The zero-order valence-electron chi connectivity index (χ0n) is 10.1. The highest BCUT2D eigenvalue weighted by atomic mass is 35.5. The Hall–Kier alpha value is -1.52. The van der Waals surface area contributed by atoms with Crippen molar-refractivity contribution in [2.45, 2.75) is 6.92 Å². The molecule has 0 amide bonds. The molecule has 0 spiro atoms. The van der Waals surface area contributed by atoms with Gasteiger partial charge in [-0.05, 0) is 25.1 Å². The first kappa shape index (κ1) is 13.9. The summed E-state index contributed by atoms with van der Waals surface area (Å²) < 4.78 is 18.9. The van der Waals surface area contributed by atoms with Crippen molar-refractivity contribution in [3.8, 4) is 11.6 Å². The Kier molecular flexibility index (Phi) is 4.45. The number of aromatic nitrogens is 1. The highest BCUT2D eigenvalue weighted by Gasteiger charge is 2.12. The molecule has 2 aromatic rings. The first-order valence-corrected chi connectivity index (χ1v) is 6.39. The molecule has 1 N–H and O–H groups in total. The molecular formula is C13H11Cl2FN2O. The number of ether oxygens (including phenoxy) is 1. The van der Waals surface area contributed by atoms with Crippen LogP contribution in [0.15, 0.2) is 30.3 Å². The minimum Gasteiger partial charge on any atom is -0.434 e. The van der Waals surface area contributed by atoms with E-state index in [1.165, 1.54) is 18.2 Å². The van der Waals surface area contributed by atoms with Crippen LogP contribution in [0.1, 0.15) is 6.92 Å².